The van der Waals surface area contributed by atoms with Crippen LogP contribution >= 0.6 is 0 Å². The smallest absolute Gasteiger partial charge is 0.325 e. The lowest BCUT2D eigenvalue weighted by Gasteiger charge is -2.22. The number of imide groups is 2. The number of fused-ring (bicyclic) bond motifs is 2. The molecule has 1 atom stereocenters. The molecule has 1 fully saturated rings. The highest BCUT2D eigenvalue weighted by Gasteiger charge is 2.55. The predicted octanol–water partition coefficient (Wildman–Crippen LogP) is 1.41. The van der Waals surface area contributed by atoms with Gasteiger partial charge in [-0.3, -0.25) is 19.8 Å². The van der Waals surface area contributed by atoms with E-state index in [9.17, 15) is 19.2 Å². The molecule has 1 saturated heterocycles. The molecule has 29 heavy (non-hydrogen) atoms. The second kappa shape index (κ2) is 7.38. The van der Waals surface area contributed by atoms with Crippen molar-refractivity contribution >= 4 is 23.9 Å². The van der Waals surface area contributed by atoms with Gasteiger partial charge >= 0.3 is 12.1 Å². The summed E-state index contributed by atoms with van der Waals surface area (Å²) >= 11 is 0. The van der Waals surface area contributed by atoms with Crippen LogP contribution in [0.2, 0.25) is 0 Å². The molecular formula is C21H20N4O4. The van der Waals surface area contributed by atoms with E-state index in [2.05, 4.69) is 16.0 Å². The van der Waals surface area contributed by atoms with E-state index in [1.807, 2.05) is 54.6 Å². The maximum absolute atomic E-state index is 13.0. The average molecular weight is 392 g/mol. The Morgan fingerprint density at radius 2 is 1.76 bits per heavy atom. The number of carbonyl (C=O) groups excluding carboxylic acids is 4. The SMILES string of the molecule is O=C(CN1C(=O)NC2(CCc3ccccc32)C1=O)NC(=O)NCc1ccccc1. The van der Waals surface area contributed by atoms with Crippen LogP contribution in [-0.2, 0) is 28.1 Å². The van der Waals surface area contributed by atoms with Gasteiger partial charge in [0.1, 0.15) is 12.1 Å². The summed E-state index contributed by atoms with van der Waals surface area (Å²) in [7, 11) is 0. The van der Waals surface area contributed by atoms with E-state index in [0.29, 0.717) is 12.8 Å². The van der Waals surface area contributed by atoms with E-state index >= 15 is 0 Å². The largest absolute Gasteiger partial charge is 0.334 e. The Labute approximate surface area is 167 Å². The molecule has 1 unspecified atom stereocenters. The van der Waals surface area contributed by atoms with Crippen LogP contribution < -0.4 is 16.0 Å². The highest BCUT2D eigenvalue weighted by atomic mass is 16.2. The summed E-state index contributed by atoms with van der Waals surface area (Å²) < 4.78 is 0. The standard InChI is InChI=1S/C21H20N4O4/c26-17(23-19(28)22-12-14-6-2-1-3-7-14)13-25-18(27)21(24-20(25)29)11-10-15-8-4-5-9-16(15)21/h1-9H,10-13H2,(H,24,29)(H2,22,23,26,28). The minimum Gasteiger partial charge on any atom is -0.334 e. The quantitative estimate of drug-likeness (QED) is 0.684. The van der Waals surface area contributed by atoms with Crippen LogP contribution in [0.1, 0.15) is 23.1 Å². The van der Waals surface area contributed by atoms with E-state index in [-0.39, 0.29) is 6.54 Å². The highest BCUT2D eigenvalue weighted by Crippen LogP contribution is 2.41. The number of carbonyl (C=O) groups is 4. The lowest BCUT2D eigenvalue weighted by atomic mass is 9.92. The van der Waals surface area contributed by atoms with Crippen molar-refractivity contribution in [2.45, 2.75) is 24.9 Å². The van der Waals surface area contributed by atoms with Crippen molar-refractivity contribution in [1.82, 2.24) is 20.9 Å². The van der Waals surface area contributed by atoms with Gasteiger partial charge in [-0.1, -0.05) is 54.6 Å². The second-order valence-electron chi connectivity index (χ2n) is 7.10. The molecule has 0 radical (unpaired) electrons. The van der Waals surface area contributed by atoms with Gasteiger partial charge in [0.2, 0.25) is 5.91 Å². The molecule has 0 bridgehead atoms. The number of benzene rings is 2. The Bertz CT molecular complexity index is 991. The molecule has 0 aromatic heterocycles. The summed E-state index contributed by atoms with van der Waals surface area (Å²) in [5.74, 6) is -1.20. The van der Waals surface area contributed by atoms with Gasteiger partial charge in [0.15, 0.2) is 0 Å². The van der Waals surface area contributed by atoms with Gasteiger partial charge in [0.25, 0.3) is 5.91 Å². The van der Waals surface area contributed by atoms with Gasteiger partial charge in [-0.05, 0) is 29.5 Å². The zero-order chi connectivity index (χ0) is 20.4. The fourth-order valence-electron chi connectivity index (χ4n) is 3.87. The number of amides is 6. The summed E-state index contributed by atoms with van der Waals surface area (Å²) in [5, 5.41) is 7.46. The zero-order valence-electron chi connectivity index (χ0n) is 15.6. The Balaban J connectivity index is 1.37. The summed E-state index contributed by atoms with van der Waals surface area (Å²) in [6.07, 6.45) is 1.12. The van der Waals surface area contributed by atoms with Crippen molar-refractivity contribution in [3.8, 4) is 0 Å². The molecule has 1 aliphatic carbocycles. The fraction of sp³-hybridized carbons (Fsp3) is 0.238. The van der Waals surface area contributed by atoms with Crippen LogP contribution in [0.3, 0.4) is 0 Å². The lowest BCUT2D eigenvalue weighted by Crippen LogP contribution is -2.47. The third-order valence-electron chi connectivity index (χ3n) is 5.27. The normalized spacial score (nSPS) is 19.8. The first-order valence-corrected chi connectivity index (χ1v) is 9.34. The van der Waals surface area contributed by atoms with E-state index < -0.39 is 36.0 Å². The van der Waals surface area contributed by atoms with E-state index in [1.54, 1.807) is 0 Å². The Morgan fingerprint density at radius 3 is 2.55 bits per heavy atom. The number of hydrogen-bond donors (Lipinski definition) is 3. The van der Waals surface area contributed by atoms with Crippen molar-refractivity contribution in [1.29, 1.82) is 0 Å². The van der Waals surface area contributed by atoms with Gasteiger partial charge in [-0.15, -0.1) is 0 Å². The summed E-state index contributed by atoms with van der Waals surface area (Å²) in [5.41, 5.74) is 1.53. The number of urea groups is 2. The fourth-order valence-corrected chi connectivity index (χ4v) is 3.87. The molecule has 2 aromatic carbocycles. The van der Waals surface area contributed by atoms with Crippen LogP contribution in [-0.4, -0.2) is 35.3 Å². The molecule has 4 rings (SSSR count). The van der Waals surface area contributed by atoms with Crippen LogP contribution in [0.15, 0.2) is 54.6 Å². The van der Waals surface area contributed by atoms with Gasteiger partial charge in [0, 0.05) is 6.54 Å². The molecular weight excluding hydrogens is 372 g/mol. The molecule has 0 saturated carbocycles. The number of nitrogens with one attached hydrogen (secondary N) is 3. The second-order valence-corrected chi connectivity index (χ2v) is 7.10. The van der Waals surface area contributed by atoms with Crippen LogP contribution in [0.5, 0.6) is 0 Å². The Kier molecular flexibility index (Phi) is 4.75. The Hall–Kier alpha value is -3.68. The van der Waals surface area contributed by atoms with Crippen molar-refractivity contribution in [3.63, 3.8) is 0 Å². The molecule has 2 aromatic rings. The minimum atomic E-state index is -1.12. The topological polar surface area (TPSA) is 108 Å². The van der Waals surface area contributed by atoms with Gasteiger partial charge in [-0.2, -0.15) is 0 Å². The van der Waals surface area contributed by atoms with Gasteiger partial charge < -0.3 is 10.6 Å². The van der Waals surface area contributed by atoms with Crippen molar-refractivity contribution in [2.75, 3.05) is 6.54 Å². The first kappa shape index (κ1) is 18.7. The molecule has 2 aliphatic rings. The molecule has 1 heterocycles. The highest BCUT2D eigenvalue weighted by molar-refractivity contribution is 6.10. The van der Waals surface area contributed by atoms with Crippen LogP contribution in [0, 0.1) is 0 Å². The summed E-state index contributed by atoms with van der Waals surface area (Å²) in [6, 6.07) is 15.4. The van der Waals surface area contributed by atoms with Crippen molar-refractivity contribution < 1.29 is 19.2 Å². The number of aryl methyl sites for hydroxylation is 1. The molecule has 148 valence electrons. The molecule has 1 spiro atoms. The first-order chi connectivity index (χ1) is 14.0. The minimum absolute atomic E-state index is 0.253. The van der Waals surface area contributed by atoms with E-state index in [1.165, 1.54) is 0 Å². The predicted molar refractivity (Wildman–Crippen MR) is 104 cm³/mol. The van der Waals surface area contributed by atoms with E-state index in [4.69, 9.17) is 0 Å². The first-order valence-electron chi connectivity index (χ1n) is 9.34. The van der Waals surface area contributed by atoms with Crippen molar-refractivity contribution in [3.05, 3.63) is 71.3 Å². The molecule has 8 nitrogen and oxygen atoms in total. The van der Waals surface area contributed by atoms with Gasteiger partial charge in [-0.25, -0.2) is 9.59 Å². The molecule has 1 aliphatic heterocycles. The van der Waals surface area contributed by atoms with Crippen LogP contribution in [0.25, 0.3) is 0 Å². The third kappa shape index (κ3) is 3.44. The third-order valence-corrected chi connectivity index (χ3v) is 5.27. The zero-order valence-corrected chi connectivity index (χ0v) is 15.6. The van der Waals surface area contributed by atoms with Crippen molar-refractivity contribution in [2.24, 2.45) is 0 Å². The molecule has 8 heteroatoms. The maximum atomic E-state index is 13.0. The van der Waals surface area contributed by atoms with Crippen LogP contribution in [0.4, 0.5) is 9.59 Å². The monoisotopic (exact) mass is 392 g/mol. The summed E-state index contributed by atoms with van der Waals surface area (Å²) in [6.45, 7) is -0.268. The summed E-state index contributed by atoms with van der Waals surface area (Å²) in [4.78, 5) is 50.4. The number of nitrogens with zero attached hydrogens (tertiary/aromatic N) is 1. The lowest BCUT2D eigenvalue weighted by molar-refractivity contribution is -0.135. The number of hydrogen-bond acceptors (Lipinski definition) is 4. The maximum Gasteiger partial charge on any atom is 0.325 e. The molecule has 3 N–H and O–H groups in total. The van der Waals surface area contributed by atoms with E-state index in [0.717, 1.165) is 21.6 Å². The molecule has 6 amide bonds. The average Bonchev–Trinajstić information content (AvgIpc) is 3.21. The van der Waals surface area contributed by atoms with Gasteiger partial charge in [0.05, 0.1) is 0 Å². The Morgan fingerprint density at radius 1 is 1.03 bits per heavy atom. The number of rotatable bonds is 4.